The van der Waals surface area contributed by atoms with Crippen LogP contribution in [-0.2, 0) is 51.4 Å². The fourth-order valence-electron chi connectivity index (χ4n) is 5.04. The van der Waals surface area contributed by atoms with Crippen molar-refractivity contribution >= 4 is 0 Å². The molecule has 0 saturated carbocycles. The number of hydrogen-bond donors (Lipinski definition) is 0. The standard InChI is InChI=1S/C34H34N4/c1(27-9-17-35-18-10-27)5-31-25-33(7-3-29-13-21-37-22-14-29)34(8-4-30-15-23-38-24-16-30)26-32(31)6-2-28-11-19-36-20-12-28/h9-26H,1-8H2. The second-order valence-electron chi connectivity index (χ2n) is 9.81. The minimum Gasteiger partial charge on any atom is -0.265 e. The maximum absolute atomic E-state index is 4.19. The van der Waals surface area contributed by atoms with E-state index in [0.29, 0.717) is 0 Å². The van der Waals surface area contributed by atoms with Crippen molar-refractivity contribution in [1.82, 2.24) is 19.9 Å². The van der Waals surface area contributed by atoms with Crippen LogP contribution >= 0.6 is 0 Å². The summed E-state index contributed by atoms with van der Waals surface area (Å²) in [6.45, 7) is 0. The highest BCUT2D eigenvalue weighted by molar-refractivity contribution is 5.41. The van der Waals surface area contributed by atoms with Crippen LogP contribution in [0.3, 0.4) is 0 Å². The largest absolute Gasteiger partial charge is 0.265 e. The van der Waals surface area contributed by atoms with E-state index in [1.165, 1.54) is 44.5 Å². The first-order chi connectivity index (χ1) is 18.8. The Morgan fingerprint density at radius 1 is 0.289 bits per heavy atom. The number of aromatic nitrogens is 4. The Hall–Kier alpha value is -4.18. The van der Waals surface area contributed by atoms with Crippen molar-refractivity contribution in [3.63, 3.8) is 0 Å². The summed E-state index contributed by atoms with van der Waals surface area (Å²) in [5.74, 6) is 0. The van der Waals surface area contributed by atoms with Crippen LogP contribution in [0.2, 0.25) is 0 Å². The van der Waals surface area contributed by atoms with Crippen LogP contribution in [0, 0.1) is 0 Å². The van der Waals surface area contributed by atoms with Crippen molar-refractivity contribution in [3.8, 4) is 0 Å². The Bertz CT molecular complexity index is 1170. The zero-order valence-corrected chi connectivity index (χ0v) is 21.8. The number of hydrogen-bond acceptors (Lipinski definition) is 4. The Morgan fingerprint density at radius 2 is 0.500 bits per heavy atom. The quantitative estimate of drug-likeness (QED) is 0.200. The second-order valence-corrected chi connectivity index (χ2v) is 9.81. The van der Waals surface area contributed by atoms with Crippen LogP contribution < -0.4 is 0 Å². The van der Waals surface area contributed by atoms with Crippen LogP contribution in [0.25, 0.3) is 0 Å². The molecule has 0 fully saturated rings. The smallest absolute Gasteiger partial charge is 0.0270 e. The van der Waals surface area contributed by atoms with Crippen molar-refractivity contribution < 1.29 is 0 Å². The average molecular weight is 499 g/mol. The fraction of sp³-hybridized carbons (Fsp3) is 0.235. The zero-order chi connectivity index (χ0) is 25.8. The number of pyridine rings is 4. The van der Waals surface area contributed by atoms with Crippen molar-refractivity contribution in [3.05, 3.63) is 155 Å². The van der Waals surface area contributed by atoms with Crippen LogP contribution in [0.5, 0.6) is 0 Å². The van der Waals surface area contributed by atoms with Gasteiger partial charge in [0.2, 0.25) is 0 Å². The Labute approximate surface area is 225 Å². The molecule has 4 nitrogen and oxygen atoms in total. The van der Waals surface area contributed by atoms with Gasteiger partial charge in [0.15, 0.2) is 0 Å². The lowest BCUT2D eigenvalue weighted by Crippen LogP contribution is -2.07. The summed E-state index contributed by atoms with van der Waals surface area (Å²) in [7, 11) is 0. The lowest BCUT2D eigenvalue weighted by Gasteiger charge is -2.18. The normalized spacial score (nSPS) is 10.9. The molecule has 1 aromatic carbocycles. The molecule has 5 rings (SSSR count). The molecule has 0 bridgehead atoms. The lowest BCUT2D eigenvalue weighted by atomic mass is 9.87. The summed E-state index contributed by atoms with van der Waals surface area (Å²) < 4.78 is 0. The number of rotatable bonds is 12. The summed E-state index contributed by atoms with van der Waals surface area (Å²) in [5, 5.41) is 0. The molecule has 0 amide bonds. The molecule has 0 saturated heterocycles. The molecule has 190 valence electrons. The first-order valence-electron chi connectivity index (χ1n) is 13.5. The van der Waals surface area contributed by atoms with Gasteiger partial charge in [0.25, 0.3) is 0 Å². The molecule has 0 radical (unpaired) electrons. The maximum Gasteiger partial charge on any atom is 0.0270 e. The van der Waals surface area contributed by atoms with Crippen LogP contribution in [0.1, 0.15) is 44.5 Å². The van der Waals surface area contributed by atoms with Crippen LogP contribution in [0.4, 0.5) is 0 Å². The van der Waals surface area contributed by atoms with Gasteiger partial charge in [-0.05, 0) is 144 Å². The fourth-order valence-corrected chi connectivity index (χ4v) is 5.04. The van der Waals surface area contributed by atoms with Gasteiger partial charge >= 0.3 is 0 Å². The van der Waals surface area contributed by atoms with Gasteiger partial charge in [-0.25, -0.2) is 0 Å². The third-order valence-corrected chi connectivity index (χ3v) is 7.25. The van der Waals surface area contributed by atoms with E-state index in [9.17, 15) is 0 Å². The van der Waals surface area contributed by atoms with E-state index in [4.69, 9.17) is 0 Å². The topological polar surface area (TPSA) is 51.6 Å². The van der Waals surface area contributed by atoms with Crippen molar-refractivity contribution in [2.45, 2.75) is 51.4 Å². The van der Waals surface area contributed by atoms with E-state index in [0.717, 1.165) is 51.4 Å². The highest BCUT2D eigenvalue weighted by Crippen LogP contribution is 2.24. The molecule has 0 aliphatic rings. The van der Waals surface area contributed by atoms with E-state index < -0.39 is 0 Å². The predicted octanol–water partition coefficient (Wildman–Crippen LogP) is 6.41. The zero-order valence-electron chi connectivity index (χ0n) is 21.8. The Morgan fingerprint density at radius 3 is 0.711 bits per heavy atom. The minimum atomic E-state index is 1.02. The molecule has 5 aromatic rings. The van der Waals surface area contributed by atoms with Gasteiger partial charge in [-0.2, -0.15) is 0 Å². The molecule has 38 heavy (non-hydrogen) atoms. The first kappa shape index (κ1) is 25.5. The molecule has 0 spiro atoms. The molecule has 0 aliphatic carbocycles. The first-order valence-corrected chi connectivity index (χ1v) is 13.5. The third kappa shape index (κ3) is 7.42. The highest BCUT2D eigenvalue weighted by atomic mass is 14.6. The molecule has 0 atom stereocenters. The van der Waals surface area contributed by atoms with E-state index in [2.05, 4.69) is 80.6 Å². The Balaban J connectivity index is 1.44. The van der Waals surface area contributed by atoms with Gasteiger partial charge in [-0.15, -0.1) is 0 Å². The summed E-state index contributed by atoms with van der Waals surface area (Å²) in [4.78, 5) is 16.8. The van der Waals surface area contributed by atoms with E-state index in [1.54, 1.807) is 0 Å². The second kappa shape index (κ2) is 13.4. The van der Waals surface area contributed by atoms with Crippen molar-refractivity contribution in [2.75, 3.05) is 0 Å². The third-order valence-electron chi connectivity index (χ3n) is 7.25. The number of nitrogens with zero attached hydrogens (tertiary/aromatic N) is 4. The van der Waals surface area contributed by atoms with E-state index >= 15 is 0 Å². The van der Waals surface area contributed by atoms with E-state index in [-0.39, 0.29) is 0 Å². The molecule has 4 heterocycles. The predicted molar refractivity (Wildman–Crippen MR) is 153 cm³/mol. The number of benzene rings is 1. The van der Waals surface area contributed by atoms with Gasteiger partial charge in [0.05, 0.1) is 0 Å². The average Bonchev–Trinajstić information content (AvgIpc) is 2.99. The van der Waals surface area contributed by atoms with Gasteiger partial charge in [-0.1, -0.05) is 12.1 Å². The van der Waals surface area contributed by atoms with Gasteiger partial charge < -0.3 is 0 Å². The van der Waals surface area contributed by atoms with Crippen LogP contribution in [0.15, 0.2) is 110 Å². The number of aryl methyl sites for hydroxylation is 8. The summed E-state index contributed by atoms with van der Waals surface area (Å²) in [6.07, 6.45) is 23.3. The van der Waals surface area contributed by atoms with E-state index in [1.807, 2.05) is 49.6 Å². The molecule has 4 aromatic heterocycles. The van der Waals surface area contributed by atoms with Crippen molar-refractivity contribution in [2.24, 2.45) is 0 Å². The molecule has 0 N–H and O–H groups in total. The molecule has 4 heteroatoms. The Kier molecular flexibility index (Phi) is 8.97. The van der Waals surface area contributed by atoms with Gasteiger partial charge in [0.1, 0.15) is 0 Å². The highest BCUT2D eigenvalue weighted by Gasteiger charge is 2.12. The lowest BCUT2D eigenvalue weighted by molar-refractivity contribution is 0.850. The maximum atomic E-state index is 4.19. The molecular weight excluding hydrogens is 464 g/mol. The SMILES string of the molecule is c1cc(CCc2cc(CCc3ccncc3)c(CCc3ccncc3)cc2CCc2ccncc2)ccn1. The summed E-state index contributed by atoms with van der Waals surface area (Å²) in [6, 6.07) is 22.0. The van der Waals surface area contributed by atoms with Gasteiger partial charge in [-0.3, -0.25) is 19.9 Å². The molecule has 0 aliphatic heterocycles. The minimum absolute atomic E-state index is 1.02. The molecular formula is C34H34N4. The molecule has 0 unspecified atom stereocenters. The van der Waals surface area contributed by atoms with Crippen molar-refractivity contribution in [1.29, 1.82) is 0 Å². The monoisotopic (exact) mass is 498 g/mol. The van der Waals surface area contributed by atoms with Crippen LogP contribution in [-0.4, -0.2) is 19.9 Å². The van der Waals surface area contributed by atoms with Gasteiger partial charge in [0, 0.05) is 49.6 Å². The summed E-state index contributed by atoms with van der Waals surface area (Å²) in [5.41, 5.74) is 11.2. The summed E-state index contributed by atoms with van der Waals surface area (Å²) >= 11 is 0.